The predicted octanol–water partition coefficient (Wildman–Crippen LogP) is 2.22. The summed E-state index contributed by atoms with van der Waals surface area (Å²) in [5.74, 6) is -0.0362. The Balaban J connectivity index is 1.26. The van der Waals surface area contributed by atoms with Gasteiger partial charge in [-0.1, -0.05) is 12.1 Å². The number of amides is 1. The van der Waals surface area contributed by atoms with Gasteiger partial charge in [0, 0.05) is 37.4 Å². The molecule has 6 nitrogen and oxygen atoms in total. The van der Waals surface area contributed by atoms with Crippen LogP contribution in [0.15, 0.2) is 36.4 Å². The van der Waals surface area contributed by atoms with Crippen LogP contribution in [-0.2, 0) is 4.74 Å². The van der Waals surface area contributed by atoms with Crippen molar-refractivity contribution >= 4 is 11.6 Å². The number of carbonyl (C=O) groups is 1. The SMILES string of the molecule is O=C(c1ccc(-c2ccc(N3CCCC3)cc2)nn1)N1CC2(COC2)C1. The lowest BCUT2D eigenvalue weighted by Gasteiger charge is -2.54. The van der Waals surface area contributed by atoms with Crippen molar-refractivity contribution in [1.29, 1.82) is 0 Å². The Morgan fingerprint density at radius 3 is 2.27 bits per heavy atom. The first-order valence-corrected chi connectivity index (χ1v) is 9.29. The average Bonchev–Trinajstić information content (AvgIpc) is 3.14. The Labute approximate surface area is 152 Å². The number of likely N-dealkylation sites (tertiary alicyclic amines) is 1. The number of anilines is 1. The molecule has 3 saturated heterocycles. The summed E-state index contributed by atoms with van der Waals surface area (Å²) >= 11 is 0. The van der Waals surface area contributed by atoms with Gasteiger partial charge in [0.25, 0.3) is 5.91 Å². The molecule has 3 fully saturated rings. The lowest BCUT2D eigenvalue weighted by Crippen LogP contribution is -2.67. The smallest absolute Gasteiger partial charge is 0.274 e. The Bertz CT molecular complexity index is 801. The largest absolute Gasteiger partial charge is 0.380 e. The van der Waals surface area contributed by atoms with Gasteiger partial charge in [-0.25, -0.2) is 0 Å². The first-order valence-electron chi connectivity index (χ1n) is 9.29. The summed E-state index contributed by atoms with van der Waals surface area (Å²) in [6.07, 6.45) is 2.54. The molecule has 2 aromatic rings. The molecule has 0 bridgehead atoms. The molecule has 5 rings (SSSR count). The minimum absolute atomic E-state index is 0.0362. The number of ether oxygens (including phenoxy) is 1. The maximum atomic E-state index is 12.5. The first kappa shape index (κ1) is 15.8. The second-order valence-electron chi connectivity index (χ2n) is 7.70. The summed E-state index contributed by atoms with van der Waals surface area (Å²) < 4.78 is 5.25. The summed E-state index contributed by atoms with van der Waals surface area (Å²) in [5.41, 5.74) is 3.71. The zero-order valence-electron chi connectivity index (χ0n) is 14.7. The van der Waals surface area contributed by atoms with E-state index >= 15 is 0 Å². The van der Waals surface area contributed by atoms with Gasteiger partial charge in [0.15, 0.2) is 5.69 Å². The molecule has 3 aliphatic rings. The van der Waals surface area contributed by atoms with Crippen molar-refractivity contribution in [3.05, 3.63) is 42.1 Å². The van der Waals surface area contributed by atoms with E-state index in [4.69, 9.17) is 4.74 Å². The van der Waals surface area contributed by atoms with Crippen LogP contribution < -0.4 is 4.90 Å². The summed E-state index contributed by atoms with van der Waals surface area (Å²) in [7, 11) is 0. The fourth-order valence-corrected chi connectivity index (χ4v) is 4.06. The highest BCUT2D eigenvalue weighted by Gasteiger charge is 2.50. The number of benzene rings is 1. The van der Waals surface area contributed by atoms with Gasteiger partial charge >= 0.3 is 0 Å². The Hall–Kier alpha value is -2.47. The molecule has 134 valence electrons. The lowest BCUT2D eigenvalue weighted by molar-refractivity contribution is -0.176. The summed E-state index contributed by atoms with van der Waals surface area (Å²) in [6.45, 7) is 5.36. The quantitative estimate of drug-likeness (QED) is 0.849. The predicted molar refractivity (Wildman–Crippen MR) is 98.1 cm³/mol. The maximum absolute atomic E-state index is 12.5. The van der Waals surface area contributed by atoms with Crippen LogP contribution in [0.3, 0.4) is 0 Å². The molecule has 26 heavy (non-hydrogen) atoms. The van der Waals surface area contributed by atoms with Crippen molar-refractivity contribution in [1.82, 2.24) is 15.1 Å². The van der Waals surface area contributed by atoms with Crippen molar-refractivity contribution in [3.63, 3.8) is 0 Å². The Morgan fingerprint density at radius 2 is 1.69 bits per heavy atom. The fourth-order valence-electron chi connectivity index (χ4n) is 4.06. The van der Waals surface area contributed by atoms with E-state index < -0.39 is 0 Å². The highest BCUT2D eigenvalue weighted by molar-refractivity contribution is 5.93. The van der Waals surface area contributed by atoms with Gasteiger partial charge in [-0.3, -0.25) is 4.79 Å². The third-order valence-electron chi connectivity index (χ3n) is 5.67. The number of aromatic nitrogens is 2. The van der Waals surface area contributed by atoms with Gasteiger partial charge < -0.3 is 14.5 Å². The summed E-state index contributed by atoms with van der Waals surface area (Å²) in [6, 6.07) is 12.1. The topological polar surface area (TPSA) is 58.6 Å². The van der Waals surface area contributed by atoms with Gasteiger partial charge in [0.2, 0.25) is 0 Å². The lowest BCUT2D eigenvalue weighted by atomic mass is 9.78. The minimum Gasteiger partial charge on any atom is -0.380 e. The molecule has 0 radical (unpaired) electrons. The molecule has 1 amide bonds. The molecule has 1 spiro atoms. The monoisotopic (exact) mass is 350 g/mol. The van der Waals surface area contributed by atoms with Gasteiger partial charge in [0.05, 0.1) is 24.3 Å². The van der Waals surface area contributed by atoms with Crippen molar-refractivity contribution in [2.45, 2.75) is 12.8 Å². The first-order chi connectivity index (χ1) is 12.7. The summed E-state index contributed by atoms with van der Waals surface area (Å²) in [4.78, 5) is 16.7. The van der Waals surface area contributed by atoms with Crippen LogP contribution >= 0.6 is 0 Å². The number of nitrogens with zero attached hydrogens (tertiary/aromatic N) is 4. The maximum Gasteiger partial charge on any atom is 0.274 e. The van der Waals surface area contributed by atoms with E-state index in [0.29, 0.717) is 5.69 Å². The van der Waals surface area contributed by atoms with Crippen LogP contribution in [-0.4, -0.2) is 60.4 Å². The van der Waals surface area contributed by atoms with Gasteiger partial charge in [-0.2, -0.15) is 0 Å². The number of hydrogen-bond donors (Lipinski definition) is 0. The van der Waals surface area contributed by atoms with Crippen molar-refractivity contribution in [2.75, 3.05) is 44.3 Å². The number of hydrogen-bond acceptors (Lipinski definition) is 5. The number of rotatable bonds is 3. The van der Waals surface area contributed by atoms with E-state index in [1.165, 1.54) is 18.5 Å². The Morgan fingerprint density at radius 1 is 0.962 bits per heavy atom. The second kappa shape index (κ2) is 6.06. The molecule has 6 heteroatoms. The van der Waals surface area contributed by atoms with Crippen LogP contribution in [0.1, 0.15) is 23.3 Å². The van der Waals surface area contributed by atoms with E-state index in [9.17, 15) is 4.79 Å². The van der Waals surface area contributed by atoms with Crippen molar-refractivity contribution in [3.8, 4) is 11.3 Å². The normalized spacial score (nSPS) is 20.8. The molecule has 0 saturated carbocycles. The van der Waals surface area contributed by atoms with E-state index in [0.717, 1.165) is 50.7 Å². The highest BCUT2D eigenvalue weighted by atomic mass is 16.5. The van der Waals surface area contributed by atoms with Crippen LogP contribution in [0.25, 0.3) is 11.3 Å². The Kier molecular flexibility index (Phi) is 3.67. The third kappa shape index (κ3) is 2.65. The zero-order chi connectivity index (χ0) is 17.6. The van der Waals surface area contributed by atoms with E-state index in [2.05, 4.69) is 39.4 Å². The second-order valence-corrected chi connectivity index (χ2v) is 7.70. The molecule has 1 aromatic heterocycles. The van der Waals surface area contributed by atoms with Crippen molar-refractivity contribution in [2.24, 2.45) is 5.41 Å². The molecule has 4 heterocycles. The molecule has 0 unspecified atom stereocenters. The molecular formula is C20H22N4O2. The van der Waals surface area contributed by atoms with E-state index in [1.807, 2.05) is 11.0 Å². The molecule has 0 N–H and O–H groups in total. The van der Waals surface area contributed by atoms with Crippen LogP contribution in [0.2, 0.25) is 0 Å². The van der Waals surface area contributed by atoms with Crippen LogP contribution in [0.5, 0.6) is 0 Å². The van der Waals surface area contributed by atoms with Crippen molar-refractivity contribution < 1.29 is 9.53 Å². The van der Waals surface area contributed by atoms with Gasteiger partial charge in [-0.05, 0) is 37.1 Å². The van der Waals surface area contributed by atoms with Gasteiger partial charge in [-0.15, -0.1) is 10.2 Å². The molecule has 3 aliphatic heterocycles. The molecule has 0 atom stereocenters. The van der Waals surface area contributed by atoms with Crippen LogP contribution in [0.4, 0.5) is 5.69 Å². The van der Waals surface area contributed by atoms with E-state index in [1.54, 1.807) is 6.07 Å². The molecular weight excluding hydrogens is 328 g/mol. The average molecular weight is 350 g/mol. The number of carbonyl (C=O) groups excluding carboxylic acids is 1. The van der Waals surface area contributed by atoms with E-state index in [-0.39, 0.29) is 11.3 Å². The zero-order valence-corrected chi connectivity index (χ0v) is 14.7. The third-order valence-corrected chi connectivity index (χ3v) is 5.67. The van der Waals surface area contributed by atoms with Crippen LogP contribution in [0, 0.1) is 5.41 Å². The highest BCUT2D eigenvalue weighted by Crippen LogP contribution is 2.38. The standard InChI is InChI=1S/C20H22N4O2/c25-19(24-11-20(12-24)13-26-14-20)18-8-7-17(21-22-18)15-3-5-16(6-4-15)23-9-1-2-10-23/h3-8H,1-2,9-14H2. The van der Waals surface area contributed by atoms with Gasteiger partial charge in [0.1, 0.15) is 0 Å². The fraction of sp³-hybridized carbons (Fsp3) is 0.450. The summed E-state index contributed by atoms with van der Waals surface area (Å²) in [5, 5.41) is 8.44. The minimum atomic E-state index is -0.0362. The molecule has 0 aliphatic carbocycles. The molecule has 1 aromatic carbocycles.